The predicted molar refractivity (Wildman–Crippen MR) is 114 cm³/mol. The van der Waals surface area contributed by atoms with Gasteiger partial charge in [0.1, 0.15) is 5.78 Å². The third kappa shape index (κ3) is 3.58. The molecule has 154 valence electrons. The number of carbonyl (C=O) groups excluding carboxylic acids is 2. The molecule has 28 heavy (non-hydrogen) atoms. The van der Waals surface area contributed by atoms with Gasteiger partial charge in [-0.15, -0.1) is 0 Å². The second-order valence-corrected chi connectivity index (χ2v) is 9.94. The van der Waals surface area contributed by atoms with E-state index in [2.05, 4.69) is 63.8 Å². The molecule has 0 spiro atoms. The Bertz CT molecular complexity index is 745. The summed E-state index contributed by atoms with van der Waals surface area (Å²) in [5, 5.41) is 0. The van der Waals surface area contributed by atoms with Gasteiger partial charge in [0, 0.05) is 31.9 Å². The largest absolute Gasteiger partial charge is 0.368 e. The second kappa shape index (κ2) is 7.53. The SMILES string of the molecule is CC(=O)C(C(=O)N1CCN(c2ccccc2C)CC1)C1CCC(C)(C)C1(C)C. The zero-order valence-electron chi connectivity index (χ0n) is 18.4. The lowest BCUT2D eigenvalue weighted by atomic mass is 9.63. The topological polar surface area (TPSA) is 40.6 Å². The molecule has 2 aliphatic rings. The number of aryl methyl sites for hydroxylation is 1. The standard InChI is InChI=1S/C24H36N2O2/c1-17-9-7-8-10-20(17)25-13-15-26(16-14-25)22(28)21(18(2)27)19-11-12-23(3,4)24(19,5)6/h7-10,19,21H,11-16H2,1-6H3. The first-order valence-corrected chi connectivity index (χ1v) is 10.7. The summed E-state index contributed by atoms with van der Waals surface area (Å²) in [4.78, 5) is 30.3. The van der Waals surface area contributed by atoms with Crippen LogP contribution in [0.2, 0.25) is 0 Å². The van der Waals surface area contributed by atoms with E-state index in [1.54, 1.807) is 6.92 Å². The first-order chi connectivity index (χ1) is 13.1. The molecule has 1 saturated carbocycles. The van der Waals surface area contributed by atoms with Crippen molar-refractivity contribution in [2.45, 2.75) is 54.4 Å². The molecule has 2 unspecified atom stereocenters. The quantitative estimate of drug-likeness (QED) is 0.726. The van der Waals surface area contributed by atoms with Gasteiger partial charge in [-0.1, -0.05) is 45.9 Å². The fourth-order valence-corrected chi connectivity index (χ4v) is 5.20. The molecule has 4 heteroatoms. The van der Waals surface area contributed by atoms with Crippen molar-refractivity contribution in [1.29, 1.82) is 0 Å². The Morgan fingerprint density at radius 2 is 1.64 bits per heavy atom. The van der Waals surface area contributed by atoms with Gasteiger partial charge >= 0.3 is 0 Å². The molecule has 1 aromatic rings. The lowest BCUT2D eigenvalue weighted by Gasteiger charge is -2.43. The smallest absolute Gasteiger partial charge is 0.233 e. The number of nitrogens with zero attached hydrogens (tertiary/aromatic N) is 2. The highest BCUT2D eigenvalue weighted by Gasteiger charge is 2.54. The average Bonchev–Trinajstić information content (AvgIpc) is 2.84. The number of rotatable bonds is 4. The molecule has 4 nitrogen and oxygen atoms in total. The second-order valence-electron chi connectivity index (χ2n) is 9.94. The lowest BCUT2D eigenvalue weighted by Crippen LogP contribution is -2.53. The Hall–Kier alpha value is -1.84. The molecule has 0 aromatic heterocycles. The minimum Gasteiger partial charge on any atom is -0.368 e. The van der Waals surface area contributed by atoms with E-state index in [1.165, 1.54) is 11.3 Å². The minimum absolute atomic E-state index is 0.0258. The van der Waals surface area contributed by atoms with Gasteiger partial charge in [-0.3, -0.25) is 9.59 Å². The van der Waals surface area contributed by atoms with E-state index in [4.69, 9.17) is 0 Å². The Labute approximate surface area is 170 Å². The van der Waals surface area contributed by atoms with E-state index in [9.17, 15) is 9.59 Å². The number of para-hydroxylation sites is 1. The molecule has 0 N–H and O–H groups in total. The molecule has 0 radical (unpaired) electrons. The summed E-state index contributed by atoms with van der Waals surface area (Å²) < 4.78 is 0. The molecule has 1 aromatic carbocycles. The van der Waals surface area contributed by atoms with Crippen LogP contribution < -0.4 is 4.90 Å². The Morgan fingerprint density at radius 3 is 2.14 bits per heavy atom. The van der Waals surface area contributed by atoms with E-state index >= 15 is 0 Å². The number of amides is 1. The third-order valence-corrected chi connectivity index (χ3v) is 7.91. The summed E-state index contributed by atoms with van der Waals surface area (Å²) in [6, 6.07) is 8.40. The van der Waals surface area contributed by atoms with Gasteiger partial charge in [0.2, 0.25) is 5.91 Å². The first-order valence-electron chi connectivity index (χ1n) is 10.7. The van der Waals surface area contributed by atoms with Gasteiger partial charge in [0.25, 0.3) is 0 Å². The van der Waals surface area contributed by atoms with Crippen molar-refractivity contribution in [3.8, 4) is 0 Å². The number of hydrogen-bond acceptors (Lipinski definition) is 3. The molecule has 1 saturated heterocycles. The highest BCUT2D eigenvalue weighted by Crippen LogP contribution is 2.58. The number of ketones is 1. The van der Waals surface area contributed by atoms with E-state index in [-0.39, 0.29) is 28.4 Å². The number of benzene rings is 1. The minimum atomic E-state index is -0.498. The van der Waals surface area contributed by atoms with Crippen LogP contribution in [0.5, 0.6) is 0 Å². The summed E-state index contributed by atoms with van der Waals surface area (Å²) in [7, 11) is 0. The first kappa shape index (κ1) is 20.9. The van der Waals surface area contributed by atoms with Gasteiger partial charge in [-0.05, 0) is 55.1 Å². The average molecular weight is 385 g/mol. The van der Waals surface area contributed by atoms with Gasteiger partial charge < -0.3 is 9.80 Å². The monoisotopic (exact) mass is 384 g/mol. The Balaban J connectivity index is 1.72. The Morgan fingerprint density at radius 1 is 1.04 bits per heavy atom. The van der Waals surface area contributed by atoms with E-state index in [0.717, 1.165) is 25.9 Å². The number of Topliss-reactive ketones (excluding diaryl/α,β-unsaturated/α-hetero) is 1. The molecular weight excluding hydrogens is 348 g/mol. The number of piperazine rings is 1. The predicted octanol–water partition coefficient (Wildman–Crippen LogP) is 4.31. The van der Waals surface area contributed by atoms with Gasteiger partial charge in [-0.2, -0.15) is 0 Å². The normalized spacial score (nSPS) is 24.9. The summed E-state index contributed by atoms with van der Waals surface area (Å²) in [6.07, 6.45) is 2.03. The molecule has 1 amide bonds. The molecule has 2 fully saturated rings. The van der Waals surface area contributed by atoms with Crippen molar-refractivity contribution in [2.24, 2.45) is 22.7 Å². The van der Waals surface area contributed by atoms with Crippen LogP contribution in [0.25, 0.3) is 0 Å². The molecule has 2 atom stereocenters. The van der Waals surface area contributed by atoms with Crippen molar-refractivity contribution in [2.75, 3.05) is 31.1 Å². The maximum absolute atomic E-state index is 13.4. The van der Waals surface area contributed by atoms with Gasteiger partial charge in [0.15, 0.2) is 0 Å². The van der Waals surface area contributed by atoms with Crippen LogP contribution in [0, 0.1) is 29.6 Å². The van der Waals surface area contributed by atoms with Gasteiger partial charge in [0.05, 0.1) is 5.92 Å². The van der Waals surface area contributed by atoms with Crippen molar-refractivity contribution in [3.63, 3.8) is 0 Å². The third-order valence-electron chi connectivity index (χ3n) is 7.91. The number of carbonyl (C=O) groups is 2. The molecule has 0 bridgehead atoms. The zero-order valence-corrected chi connectivity index (χ0v) is 18.4. The summed E-state index contributed by atoms with van der Waals surface area (Å²) in [5.74, 6) is -0.293. The van der Waals surface area contributed by atoms with E-state index < -0.39 is 5.92 Å². The maximum Gasteiger partial charge on any atom is 0.233 e. The number of hydrogen-bond donors (Lipinski definition) is 0. The van der Waals surface area contributed by atoms with Crippen LogP contribution in [-0.4, -0.2) is 42.8 Å². The highest BCUT2D eigenvalue weighted by atomic mass is 16.2. The van der Waals surface area contributed by atoms with Gasteiger partial charge in [-0.25, -0.2) is 0 Å². The Kier molecular flexibility index (Phi) is 5.62. The summed E-state index contributed by atoms with van der Waals surface area (Å²) >= 11 is 0. The van der Waals surface area contributed by atoms with Crippen LogP contribution >= 0.6 is 0 Å². The fourth-order valence-electron chi connectivity index (χ4n) is 5.20. The highest BCUT2D eigenvalue weighted by molar-refractivity contribution is 6.00. The molecule has 1 heterocycles. The van der Waals surface area contributed by atoms with Crippen LogP contribution in [0.3, 0.4) is 0 Å². The summed E-state index contributed by atoms with van der Waals surface area (Å²) in [5.41, 5.74) is 2.63. The van der Waals surface area contributed by atoms with Crippen LogP contribution in [0.1, 0.15) is 53.0 Å². The van der Waals surface area contributed by atoms with Crippen molar-refractivity contribution >= 4 is 17.4 Å². The molecule has 1 aliphatic carbocycles. The molecule has 1 aliphatic heterocycles. The van der Waals surface area contributed by atoms with Crippen molar-refractivity contribution in [3.05, 3.63) is 29.8 Å². The van der Waals surface area contributed by atoms with Crippen LogP contribution in [-0.2, 0) is 9.59 Å². The van der Waals surface area contributed by atoms with E-state index in [1.807, 2.05) is 4.90 Å². The summed E-state index contributed by atoms with van der Waals surface area (Å²) in [6.45, 7) is 15.8. The van der Waals surface area contributed by atoms with Crippen molar-refractivity contribution in [1.82, 2.24) is 4.90 Å². The fraction of sp³-hybridized carbons (Fsp3) is 0.667. The molecular formula is C24H36N2O2. The van der Waals surface area contributed by atoms with Crippen LogP contribution in [0.15, 0.2) is 24.3 Å². The van der Waals surface area contributed by atoms with Crippen molar-refractivity contribution < 1.29 is 9.59 Å². The maximum atomic E-state index is 13.4. The molecule has 3 rings (SSSR count). The van der Waals surface area contributed by atoms with Crippen LogP contribution in [0.4, 0.5) is 5.69 Å². The van der Waals surface area contributed by atoms with E-state index in [0.29, 0.717) is 13.1 Å². The number of anilines is 1. The zero-order chi connectivity index (χ0) is 20.7. The lowest BCUT2D eigenvalue weighted by molar-refractivity contribution is -0.145.